The summed E-state index contributed by atoms with van der Waals surface area (Å²) in [6.45, 7) is 4.06. The number of hydrogen-bond donors (Lipinski definition) is 1. The van der Waals surface area contributed by atoms with Crippen LogP contribution in [-0.4, -0.2) is 53.2 Å². The van der Waals surface area contributed by atoms with Crippen molar-refractivity contribution in [2.24, 2.45) is 5.73 Å². The molecule has 1 amide bonds. The molecule has 23 heavy (non-hydrogen) atoms. The van der Waals surface area contributed by atoms with Gasteiger partial charge in [-0.15, -0.1) is 24.8 Å². The number of piperidine rings is 1. The number of ether oxygens (including phenoxy) is 1. The Labute approximate surface area is 150 Å². The number of aromatic nitrogens is 2. The van der Waals surface area contributed by atoms with Crippen molar-refractivity contribution < 1.29 is 9.53 Å². The number of imidazole rings is 1. The van der Waals surface area contributed by atoms with Gasteiger partial charge >= 0.3 is 0 Å². The number of halogens is 2. The average molecular weight is 367 g/mol. The van der Waals surface area contributed by atoms with Crippen molar-refractivity contribution in [3.05, 3.63) is 18.2 Å². The summed E-state index contributed by atoms with van der Waals surface area (Å²) in [5, 5.41) is 0. The van der Waals surface area contributed by atoms with Gasteiger partial charge in [0.15, 0.2) is 0 Å². The van der Waals surface area contributed by atoms with Crippen molar-refractivity contribution in [2.75, 3.05) is 26.7 Å². The number of hydrogen-bond acceptors (Lipinski definition) is 4. The molecule has 0 radical (unpaired) electrons. The van der Waals surface area contributed by atoms with E-state index in [1.807, 2.05) is 17.3 Å². The first-order chi connectivity index (χ1) is 10.2. The highest BCUT2D eigenvalue weighted by atomic mass is 35.5. The summed E-state index contributed by atoms with van der Waals surface area (Å²) in [6.07, 6.45) is 7.08. The summed E-state index contributed by atoms with van der Waals surface area (Å²) in [4.78, 5) is 18.7. The van der Waals surface area contributed by atoms with Gasteiger partial charge in [0.05, 0.1) is 18.6 Å². The number of nitrogens with two attached hydrogens (primary N) is 1. The fourth-order valence-electron chi connectivity index (χ4n) is 2.95. The van der Waals surface area contributed by atoms with Gasteiger partial charge in [0.1, 0.15) is 5.82 Å². The lowest BCUT2D eigenvalue weighted by atomic mass is 10.0. The normalized spacial score (nSPS) is 18.7. The minimum atomic E-state index is -0.183. The Morgan fingerprint density at radius 1 is 1.52 bits per heavy atom. The van der Waals surface area contributed by atoms with Crippen molar-refractivity contribution in [1.82, 2.24) is 14.5 Å². The van der Waals surface area contributed by atoms with Crippen molar-refractivity contribution >= 4 is 30.7 Å². The number of amides is 1. The van der Waals surface area contributed by atoms with Gasteiger partial charge in [-0.1, -0.05) is 6.92 Å². The fourth-order valence-corrected chi connectivity index (χ4v) is 2.95. The standard InChI is InChI=1S/C15H26N4O2.2ClH/c1-3-14-17-6-8-19(14)12-5-4-7-18(11-12)15(20)9-13(10-16)21-2;;/h6,8,12-13H,3-5,7,9-11,16H2,1-2H3;2*1H. The zero-order valence-electron chi connectivity index (χ0n) is 13.8. The van der Waals surface area contributed by atoms with E-state index in [0.29, 0.717) is 19.0 Å². The summed E-state index contributed by atoms with van der Waals surface area (Å²) in [6, 6.07) is 0.332. The second-order valence-electron chi connectivity index (χ2n) is 5.54. The van der Waals surface area contributed by atoms with Crippen LogP contribution in [0.5, 0.6) is 0 Å². The van der Waals surface area contributed by atoms with Crippen LogP contribution in [0.3, 0.4) is 0 Å². The van der Waals surface area contributed by atoms with E-state index in [0.717, 1.165) is 38.2 Å². The van der Waals surface area contributed by atoms with Crippen LogP contribution in [0, 0.1) is 0 Å². The van der Waals surface area contributed by atoms with Crippen LogP contribution in [0.1, 0.15) is 38.1 Å². The third kappa shape index (κ3) is 5.64. The SMILES string of the molecule is CCc1nccn1C1CCCN(C(=O)CC(CN)OC)C1.Cl.Cl. The van der Waals surface area contributed by atoms with E-state index in [2.05, 4.69) is 16.5 Å². The Bertz CT molecular complexity index is 466. The van der Waals surface area contributed by atoms with E-state index in [1.54, 1.807) is 7.11 Å². The summed E-state index contributed by atoms with van der Waals surface area (Å²) >= 11 is 0. The van der Waals surface area contributed by atoms with E-state index in [-0.39, 0.29) is 36.8 Å². The van der Waals surface area contributed by atoms with Crippen LogP contribution in [0.4, 0.5) is 0 Å². The molecule has 6 nitrogen and oxygen atoms in total. The highest BCUT2D eigenvalue weighted by molar-refractivity contribution is 5.85. The number of methoxy groups -OCH3 is 1. The fraction of sp³-hybridized carbons (Fsp3) is 0.733. The van der Waals surface area contributed by atoms with E-state index >= 15 is 0 Å². The van der Waals surface area contributed by atoms with Gasteiger partial charge in [-0.3, -0.25) is 4.79 Å². The molecule has 0 spiro atoms. The van der Waals surface area contributed by atoms with Gasteiger partial charge in [-0.05, 0) is 12.8 Å². The molecule has 1 aromatic rings. The number of likely N-dealkylation sites (tertiary alicyclic amines) is 1. The molecule has 2 unspecified atom stereocenters. The second-order valence-corrected chi connectivity index (χ2v) is 5.54. The molecule has 1 aromatic heterocycles. The Balaban J connectivity index is 0.00000242. The third-order valence-electron chi connectivity index (χ3n) is 4.21. The summed E-state index contributed by atoms with van der Waals surface area (Å²) in [7, 11) is 1.60. The molecule has 0 saturated carbocycles. The smallest absolute Gasteiger partial charge is 0.225 e. The molecule has 1 saturated heterocycles. The Kier molecular flexibility index (Phi) is 10.5. The summed E-state index contributed by atoms with van der Waals surface area (Å²) < 4.78 is 7.43. The number of aryl methyl sites for hydroxylation is 1. The first kappa shape index (κ1) is 22.2. The number of rotatable bonds is 6. The molecule has 0 aliphatic carbocycles. The Morgan fingerprint density at radius 2 is 2.26 bits per heavy atom. The minimum absolute atomic E-state index is 0. The highest BCUT2D eigenvalue weighted by Gasteiger charge is 2.26. The van der Waals surface area contributed by atoms with Gasteiger partial charge in [-0.25, -0.2) is 4.98 Å². The molecule has 8 heteroatoms. The largest absolute Gasteiger partial charge is 0.380 e. The van der Waals surface area contributed by atoms with E-state index in [9.17, 15) is 4.79 Å². The predicted octanol–water partition coefficient (Wildman–Crippen LogP) is 1.82. The lowest BCUT2D eigenvalue weighted by Gasteiger charge is -2.34. The van der Waals surface area contributed by atoms with Gasteiger partial charge in [0.2, 0.25) is 5.91 Å². The van der Waals surface area contributed by atoms with Crippen LogP contribution in [0.25, 0.3) is 0 Å². The van der Waals surface area contributed by atoms with E-state index in [4.69, 9.17) is 10.5 Å². The molecule has 0 aromatic carbocycles. The second kappa shape index (κ2) is 10.9. The number of carbonyl (C=O) groups is 1. The molecule has 1 aliphatic heterocycles. The molecule has 1 aliphatic rings. The maximum absolute atomic E-state index is 12.4. The molecule has 2 atom stereocenters. The van der Waals surface area contributed by atoms with Crippen LogP contribution in [0.2, 0.25) is 0 Å². The molecule has 134 valence electrons. The maximum Gasteiger partial charge on any atom is 0.225 e. The van der Waals surface area contributed by atoms with E-state index < -0.39 is 0 Å². The van der Waals surface area contributed by atoms with Gasteiger partial charge in [0, 0.05) is 45.6 Å². The summed E-state index contributed by atoms with van der Waals surface area (Å²) in [5.41, 5.74) is 5.60. The first-order valence-electron chi connectivity index (χ1n) is 7.71. The molecular weight excluding hydrogens is 339 g/mol. The zero-order chi connectivity index (χ0) is 15.2. The molecule has 2 heterocycles. The average Bonchev–Trinajstić information content (AvgIpc) is 3.01. The number of carbonyl (C=O) groups excluding carboxylic acids is 1. The first-order valence-corrected chi connectivity index (χ1v) is 7.71. The van der Waals surface area contributed by atoms with Crippen LogP contribution < -0.4 is 5.73 Å². The van der Waals surface area contributed by atoms with Crippen LogP contribution >= 0.6 is 24.8 Å². The lowest BCUT2D eigenvalue weighted by molar-refractivity contribution is -0.135. The van der Waals surface area contributed by atoms with Gasteiger partial charge < -0.3 is 19.9 Å². The van der Waals surface area contributed by atoms with Crippen molar-refractivity contribution in [2.45, 2.75) is 44.8 Å². The topological polar surface area (TPSA) is 73.4 Å². The summed E-state index contributed by atoms with van der Waals surface area (Å²) in [5.74, 6) is 1.22. The van der Waals surface area contributed by atoms with Gasteiger partial charge in [-0.2, -0.15) is 0 Å². The lowest BCUT2D eigenvalue weighted by Crippen LogP contribution is -2.43. The monoisotopic (exact) mass is 366 g/mol. The Morgan fingerprint density at radius 3 is 2.87 bits per heavy atom. The predicted molar refractivity (Wildman–Crippen MR) is 95.4 cm³/mol. The van der Waals surface area contributed by atoms with Crippen molar-refractivity contribution in [3.8, 4) is 0 Å². The zero-order valence-corrected chi connectivity index (χ0v) is 15.4. The number of nitrogens with zero attached hydrogens (tertiary/aromatic N) is 3. The van der Waals surface area contributed by atoms with Crippen molar-refractivity contribution in [3.63, 3.8) is 0 Å². The molecular formula is C15H28Cl2N4O2. The molecule has 2 N–H and O–H groups in total. The van der Waals surface area contributed by atoms with E-state index in [1.165, 1.54) is 0 Å². The Hall–Kier alpha value is -0.820. The molecule has 0 bridgehead atoms. The van der Waals surface area contributed by atoms with Crippen LogP contribution in [0.15, 0.2) is 12.4 Å². The van der Waals surface area contributed by atoms with Gasteiger partial charge in [0.25, 0.3) is 0 Å². The van der Waals surface area contributed by atoms with Crippen molar-refractivity contribution in [1.29, 1.82) is 0 Å². The minimum Gasteiger partial charge on any atom is -0.380 e. The quantitative estimate of drug-likeness (QED) is 0.832. The highest BCUT2D eigenvalue weighted by Crippen LogP contribution is 2.23. The third-order valence-corrected chi connectivity index (χ3v) is 4.21. The molecule has 1 fully saturated rings. The van der Waals surface area contributed by atoms with Crippen LogP contribution in [-0.2, 0) is 16.0 Å². The maximum atomic E-state index is 12.4. The molecule has 2 rings (SSSR count).